The molecule has 1 aliphatic carbocycles. The third kappa shape index (κ3) is 4.62. The van der Waals surface area contributed by atoms with Gasteiger partial charge < -0.3 is 5.11 Å². The van der Waals surface area contributed by atoms with Gasteiger partial charge in [-0.3, -0.25) is 4.68 Å². The topological polar surface area (TPSA) is 81.7 Å². The van der Waals surface area contributed by atoms with E-state index in [1.165, 1.54) is 25.0 Å². The first-order valence-corrected chi connectivity index (χ1v) is 12.2. The van der Waals surface area contributed by atoms with Crippen LogP contribution < -0.4 is 0 Å². The van der Waals surface area contributed by atoms with Gasteiger partial charge in [-0.25, -0.2) is 19.0 Å². The molecule has 0 amide bonds. The van der Waals surface area contributed by atoms with Gasteiger partial charge in [0.15, 0.2) is 5.82 Å². The van der Waals surface area contributed by atoms with Gasteiger partial charge >= 0.3 is 0 Å². The van der Waals surface area contributed by atoms with Crippen molar-refractivity contribution >= 4 is 0 Å². The van der Waals surface area contributed by atoms with Crippen LogP contribution in [-0.4, -0.2) is 34.6 Å². The highest BCUT2D eigenvalue weighted by atomic mass is 19.1. The van der Waals surface area contributed by atoms with Crippen molar-refractivity contribution in [3.63, 3.8) is 0 Å². The molecule has 8 heteroatoms. The first-order valence-electron chi connectivity index (χ1n) is 12.2. The number of aromatic nitrogens is 6. The number of rotatable bonds is 8. The van der Waals surface area contributed by atoms with E-state index < -0.39 is 6.10 Å². The highest BCUT2D eigenvalue weighted by molar-refractivity contribution is 5.64. The van der Waals surface area contributed by atoms with E-state index in [0.717, 1.165) is 51.7 Å². The fraction of sp³-hybridized carbons (Fsp3) is 0.407. The largest absolute Gasteiger partial charge is 0.388 e. The second kappa shape index (κ2) is 9.34. The molecule has 0 radical (unpaired) electrons. The molecule has 0 spiro atoms. The van der Waals surface area contributed by atoms with Crippen LogP contribution in [0.5, 0.6) is 0 Å². The van der Waals surface area contributed by atoms with Crippen LogP contribution in [0.2, 0.25) is 0 Å². The SMILES string of the molecule is CCC(O)c1c(C)nn(-c2cc(Cc3c(C)c(-c4ccc(F)cc4)nn3CC3CC3)ncn2)c1C. The van der Waals surface area contributed by atoms with Gasteiger partial charge in [-0.1, -0.05) is 6.92 Å². The number of benzene rings is 1. The Labute approximate surface area is 204 Å². The van der Waals surface area contributed by atoms with Gasteiger partial charge in [0.2, 0.25) is 0 Å². The Balaban J connectivity index is 1.50. The Bertz CT molecular complexity index is 1350. The smallest absolute Gasteiger partial charge is 0.157 e. The monoisotopic (exact) mass is 474 g/mol. The van der Waals surface area contributed by atoms with E-state index in [4.69, 9.17) is 5.10 Å². The second-order valence-corrected chi connectivity index (χ2v) is 9.52. The Kier molecular flexibility index (Phi) is 6.23. The molecule has 3 heterocycles. The van der Waals surface area contributed by atoms with E-state index >= 15 is 0 Å². The lowest BCUT2D eigenvalue weighted by Crippen LogP contribution is -2.10. The molecule has 1 aromatic carbocycles. The van der Waals surface area contributed by atoms with Crippen LogP contribution in [0.15, 0.2) is 36.7 Å². The first-order chi connectivity index (χ1) is 16.9. The maximum atomic E-state index is 13.5. The third-order valence-electron chi connectivity index (χ3n) is 6.91. The summed E-state index contributed by atoms with van der Waals surface area (Å²) in [5, 5.41) is 20.0. The van der Waals surface area contributed by atoms with Crippen molar-refractivity contribution in [2.24, 2.45) is 5.92 Å². The Morgan fingerprint density at radius 1 is 1.09 bits per heavy atom. The molecular weight excluding hydrogens is 443 g/mol. The Morgan fingerprint density at radius 2 is 1.83 bits per heavy atom. The number of aliphatic hydroxyl groups is 1. The lowest BCUT2D eigenvalue weighted by Gasteiger charge is -2.10. The predicted molar refractivity (Wildman–Crippen MR) is 132 cm³/mol. The number of aryl methyl sites for hydroxylation is 1. The summed E-state index contributed by atoms with van der Waals surface area (Å²) >= 11 is 0. The summed E-state index contributed by atoms with van der Waals surface area (Å²) in [5.41, 5.74) is 7.39. The fourth-order valence-corrected chi connectivity index (χ4v) is 4.72. The molecule has 0 saturated heterocycles. The van der Waals surface area contributed by atoms with Crippen LogP contribution in [0.3, 0.4) is 0 Å². The molecule has 4 aromatic rings. The molecule has 0 bridgehead atoms. The minimum absolute atomic E-state index is 0.253. The molecule has 5 rings (SSSR count). The van der Waals surface area contributed by atoms with Crippen molar-refractivity contribution in [3.05, 3.63) is 76.4 Å². The molecular formula is C27H31FN6O. The van der Waals surface area contributed by atoms with Crippen LogP contribution in [0.1, 0.15) is 66.2 Å². The minimum atomic E-state index is -0.547. The number of aliphatic hydroxyl groups excluding tert-OH is 1. The third-order valence-corrected chi connectivity index (χ3v) is 6.91. The van der Waals surface area contributed by atoms with Gasteiger partial charge in [-0.15, -0.1) is 0 Å². The normalized spacial score (nSPS) is 14.5. The molecule has 1 atom stereocenters. The van der Waals surface area contributed by atoms with Gasteiger partial charge in [0.1, 0.15) is 12.1 Å². The zero-order valence-corrected chi connectivity index (χ0v) is 20.7. The molecule has 3 aromatic heterocycles. The van der Waals surface area contributed by atoms with Gasteiger partial charge in [-0.05, 0) is 75.8 Å². The summed E-state index contributed by atoms with van der Waals surface area (Å²) in [6, 6.07) is 8.47. The van der Waals surface area contributed by atoms with E-state index in [2.05, 4.69) is 26.7 Å². The fourth-order valence-electron chi connectivity index (χ4n) is 4.72. The summed E-state index contributed by atoms with van der Waals surface area (Å²) in [7, 11) is 0. The van der Waals surface area contributed by atoms with Gasteiger partial charge in [0, 0.05) is 41.5 Å². The molecule has 1 N–H and O–H groups in total. The molecule has 0 aliphatic heterocycles. The van der Waals surface area contributed by atoms with Crippen LogP contribution in [-0.2, 0) is 13.0 Å². The van der Waals surface area contributed by atoms with Crippen molar-refractivity contribution in [3.8, 4) is 17.1 Å². The number of hydrogen-bond acceptors (Lipinski definition) is 5. The van der Waals surface area contributed by atoms with Crippen molar-refractivity contribution < 1.29 is 9.50 Å². The molecule has 182 valence electrons. The van der Waals surface area contributed by atoms with Crippen molar-refractivity contribution in [1.29, 1.82) is 0 Å². The number of halogens is 1. The minimum Gasteiger partial charge on any atom is -0.388 e. The molecule has 1 aliphatic rings. The molecule has 1 saturated carbocycles. The van der Waals surface area contributed by atoms with Crippen LogP contribution in [0.4, 0.5) is 4.39 Å². The van der Waals surface area contributed by atoms with E-state index in [9.17, 15) is 9.50 Å². The van der Waals surface area contributed by atoms with Gasteiger partial charge in [-0.2, -0.15) is 10.2 Å². The summed E-state index contributed by atoms with van der Waals surface area (Å²) in [5.74, 6) is 1.08. The summed E-state index contributed by atoms with van der Waals surface area (Å²) in [6.45, 7) is 8.78. The van der Waals surface area contributed by atoms with E-state index in [1.807, 2.05) is 26.8 Å². The number of nitrogens with zero attached hydrogens (tertiary/aromatic N) is 6. The average Bonchev–Trinajstić information content (AvgIpc) is 3.56. The summed E-state index contributed by atoms with van der Waals surface area (Å²) in [6.07, 6.45) is 4.70. The van der Waals surface area contributed by atoms with E-state index in [0.29, 0.717) is 24.6 Å². The van der Waals surface area contributed by atoms with Crippen molar-refractivity contribution in [2.75, 3.05) is 0 Å². The maximum absolute atomic E-state index is 13.5. The predicted octanol–water partition coefficient (Wildman–Crippen LogP) is 5.03. The highest BCUT2D eigenvalue weighted by Crippen LogP contribution is 2.34. The van der Waals surface area contributed by atoms with Gasteiger partial charge in [0.05, 0.1) is 23.2 Å². The zero-order valence-electron chi connectivity index (χ0n) is 20.7. The maximum Gasteiger partial charge on any atom is 0.157 e. The highest BCUT2D eigenvalue weighted by Gasteiger charge is 2.26. The summed E-state index contributed by atoms with van der Waals surface area (Å²) in [4.78, 5) is 9.01. The number of hydrogen-bond donors (Lipinski definition) is 1. The molecule has 1 unspecified atom stereocenters. The lowest BCUT2D eigenvalue weighted by atomic mass is 10.0. The van der Waals surface area contributed by atoms with Crippen molar-refractivity contribution in [1.82, 2.24) is 29.5 Å². The van der Waals surface area contributed by atoms with Gasteiger partial charge in [0.25, 0.3) is 0 Å². The van der Waals surface area contributed by atoms with Crippen LogP contribution in [0, 0.1) is 32.5 Å². The second-order valence-electron chi connectivity index (χ2n) is 9.52. The average molecular weight is 475 g/mol. The van der Waals surface area contributed by atoms with E-state index in [1.54, 1.807) is 23.1 Å². The Hall–Kier alpha value is -3.39. The standard InChI is InChI=1S/C27H31FN6O/c1-5-24(35)26-17(3)31-34(18(26)4)25-13-22(29-15-30-25)12-23-16(2)27(20-8-10-21(28)11-9-20)32-33(23)14-19-6-7-19/h8-11,13,15,19,24,35H,5-7,12,14H2,1-4H3. The molecule has 1 fully saturated rings. The molecule has 35 heavy (non-hydrogen) atoms. The van der Waals surface area contributed by atoms with Crippen LogP contribution >= 0.6 is 0 Å². The first kappa shape index (κ1) is 23.4. The van der Waals surface area contributed by atoms with Crippen molar-refractivity contribution in [2.45, 2.75) is 66.0 Å². The van der Waals surface area contributed by atoms with Crippen LogP contribution in [0.25, 0.3) is 17.1 Å². The Morgan fingerprint density at radius 3 is 2.51 bits per heavy atom. The summed E-state index contributed by atoms with van der Waals surface area (Å²) < 4.78 is 17.4. The quantitative estimate of drug-likeness (QED) is 0.387. The van der Waals surface area contributed by atoms with E-state index in [-0.39, 0.29) is 5.82 Å². The lowest BCUT2D eigenvalue weighted by molar-refractivity contribution is 0.172. The zero-order chi connectivity index (χ0) is 24.7. The molecule has 7 nitrogen and oxygen atoms in total.